The maximum atomic E-state index is 10.4. The van der Waals surface area contributed by atoms with Crippen molar-refractivity contribution in [1.82, 2.24) is 14.5 Å². The van der Waals surface area contributed by atoms with Crippen LogP contribution in [0.5, 0.6) is 0 Å². The van der Waals surface area contributed by atoms with E-state index in [1.807, 2.05) is 0 Å². The molecule has 0 aliphatic rings. The number of aromatic nitrogens is 2. The van der Waals surface area contributed by atoms with Gasteiger partial charge in [0.25, 0.3) is 10.2 Å². The first-order valence-corrected chi connectivity index (χ1v) is 4.78. The highest BCUT2D eigenvalue weighted by atomic mass is 32.2. The van der Waals surface area contributed by atoms with E-state index in [4.69, 9.17) is 5.14 Å². The van der Waals surface area contributed by atoms with Gasteiger partial charge in [-0.15, -0.1) is 0 Å². The zero-order valence-electron chi connectivity index (χ0n) is 6.56. The molecule has 0 aliphatic heterocycles. The van der Waals surface area contributed by atoms with Crippen molar-refractivity contribution in [1.29, 1.82) is 0 Å². The average Bonchev–Trinajstić information content (AvgIpc) is 2.30. The van der Waals surface area contributed by atoms with E-state index in [2.05, 4.69) is 9.82 Å². The molecule has 1 rings (SSSR count). The van der Waals surface area contributed by atoms with Gasteiger partial charge >= 0.3 is 0 Å². The van der Waals surface area contributed by atoms with Crippen LogP contribution in [0.4, 0.5) is 0 Å². The zero-order valence-corrected chi connectivity index (χ0v) is 7.37. The molecule has 0 aromatic carbocycles. The molecule has 0 saturated heterocycles. The van der Waals surface area contributed by atoms with E-state index in [-0.39, 0.29) is 6.54 Å². The van der Waals surface area contributed by atoms with Crippen LogP contribution in [-0.4, -0.2) is 18.2 Å². The van der Waals surface area contributed by atoms with Crippen molar-refractivity contribution in [2.24, 2.45) is 12.2 Å². The molecule has 0 saturated carbocycles. The lowest BCUT2D eigenvalue weighted by Crippen LogP contribution is -2.30. The van der Waals surface area contributed by atoms with Crippen LogP contribution >= 0.6 is 0 Å². The van der Waals surface area contributed by atoms with Gasteiger partial charge in [-0.3, -0.25) is 4.68 Å². The second kappa shape index (κ2) is 3.21. The van der Waals surface area contributed by atoms with Gasteiger partial charge in [-0.1, -0.05) is 0 Å². The van der Waals surface area contributed by atoms with Gasteiger partial charge in [0.1, 0.15) is 0 Å². The lowest BCUT2D eigenvalue weighted by atomic mass is 10.4. The van der Waals surface area contributed by atoms with Gasteiger partial charge in [0.15, 0.2) is 0 Å². The summed E-state index contributed by atoms with van der Waals surface area (Å²) in [6, 6.07) is 1.71. The molecule has 3 N–H and O–H groups in total. The Labute approximate surface area is 70.6 Å². The molecule has 0 bridgehead atoms. The second-order valence-electron chi connectivity index (χ2n) is 2.35. The maximum Gasteiger partial charge on any atom is 0.274 e. The predicted molar refractivity (Wildman–Crippen MR) is 43.2 cm³/mol. The predicted octanol–water partition coefficient (Wildman–Crippen LogP) is -1.29. The number of aryl methyl sites for hydroxylation is 1. The van der Waals surface area contributed by atoms with Crippen molar-refractivity contribution in [3.63, 3.8) is 0 Å². The minimum absolute atomic E-state index is 0.125. The summed E-state index contributed by atoms with van der Waals surface area (Å²) in [5, 5.41) is 8.66. The van der Waals surface area contributed by atoms with Crippen LogP contribution in [0.15, 0.2) is 12.3 Å². The number of rotatable bonds is 3. The number of nitrogens with one attached hydrogen (secondary N) is 1. The minimum Gasteiger partial charge on any atom is -0.276 e. The third kappa shape index (κ3) is 2.99. The number of hydrogen-bond acceptors (Lipinski definition) is 3. The summed E-state index contributed by atoms with van der Waals surface area (Å²) in [6.07, 6.45) is 1.72. The van der Waals surface area contributed by atoms with E-state index in [9.17, 15) is 8.42 Å². The van der Waals surface area contributed by atoms with E-state index < -0.39 is 10.2 Å². The van der Waals surface area contributed by atoms with Gasteiger partial charge in [-0.05, 0) is 6.07 Å². The molecule has 0 fully saturated rings. The van der Waals surface area contributed by atoms with Gasteiger partial charge in [0.05, 0.1) is 12.2 Å². The van der Waals surface area contributed by atoms with Crippen molar-refractivity contribution in [2.45, 2.75) is 6.54 Å². The van der Waals surface area contributed by atoms with E-state index in [0.29, 0.717) is 5.69 Å². The smallest absolute Gasteiger partial charge is 0.274 e. The van der Waals surface area contributed by atoms with Crippen molar-refractivity contribution in [2.75, 3.05) is 0 Å². The van der Waals surface area contributed by atoms with Crippen LogP contribution in [0, 0.1) is 0 Å². The Bertz CT molecular complexity index is 355. The molecule has 0 amide bonds. The zero-order chi connectivity index (χ0) is 9.19. The van der Waals surface area contributed by atoms with Gasteiger partial charge in [0.2, 0.25) is 0 Å². The van der Waals surface area contributed by atoms with E-state index in [1.165, 1.54) is 0 Å². The molecule has 1 aromatic rings. The minimum atomic E-state index is -3.61. The maximum absolute atomic E-state index is 10.4. The largest absolute Gasteiger partial charge is 0.276 e. The van der Waals surface area contributed by atoms with Crippen molar-refractivity contribution >= 4 is 10.2 Å². The highest BCUT2D eigenvalue weighted by Gasteiger charge is 2.02. The monoisotopic (exact) mass is 190 g/mol. The molecule has 0 atom stereocenters. The normalized spacial score (nSPS) is 11.8. The average molecular weight is 190 g/mol. The van der Waals surface area contributed by atoms with E-state index in [0.717, 1.165) is 0 Å². The first-order valence-electron chi connectivity index (χ1n) is 3.23. The standard InChI is InChI=1S/C5H10N4O2S/c1-9-3-2-5(8-9)4-7-12(6,10)11/h2-3,7H,4H2,1H3,(H2,6,10,11). The lowest BCUT2D eigenvalue weighted by Gasteiger charge is -1.96. The fourth-order valence-electron chi connectivity index (χ4n) is 0.732. The third-order valence-electron chi connectivity index (χ3n) is 1.22. The Kier molecular flexibility index (Phi) is 2.46. The fraction of sp³-hybridized carbons (Fsp3) is 0.400. The second-order valence-corrected chi connectivity index (χ2v) is 3.73. The van der Waals surface area contributed by atoms with Crippen LogP contribution in [0.2, 0.25) is 0 Å². The quantitative estimate of drug-likeness (QED) is 0.621. The summed E-state index contributed by atoms with van der Waals surface area (Å²) in [5.74, 6) is 0. The molecular formula is C5H10N4O2S. The molecule has 7 heteroatoms. The van der Waals surface area contributed by atoms with E-state index in [1.54, 1.807) is 24.0 Å². The van der Waals surface area contributed by atoms with Crippen LogP contribution in [0.25, 0.3) is 0 Å². The van der Waals surface area contributed by atoms with Crippen LogP contribution in [-0.2, 0) is 23.8 Å². The van der Waals surface area contributed by atoms with Crippen molar-refractivity contribution < 1.29 is 8.42 Å². The number of hydrogen-bond donors (Lipinski definition) is 2. The molecule has 12 heavy (non-hydrogen) atoms. The summed E-state index contributed by atoms with van der Waals surface area (Å²) >= 11 is 0. The highest BCUT2D eigenvalue weighted by molar-refractivity contribution is 7.87. The Morgan fingerprint density at radius 2 is 2.42 bits per heavy atom. The SMILES string of the molecule is Cn1ccc(CNS(N)(=O)=O)n1. The molecule has 0 radical (unpaired) electrons. The van der Waals surface area contributed by atoms with Gasteiger partial charge in [-0.2, -0.15) is 18.2 Å². The first-order chi connectivity index (χ1) is 5.47. The molecule has 0 spiro atoms. The van der Waals surface area contributed by atoms with Gasteiger partial charge in [-0.25, -0.2) is 5.14 Å². The van der Waals surface area contributed by atoms with Crippen molar-refractivity contribution in [3.05, 3.63) is 18.0 Å². The molecular weight excluding hydrogens is 180 g/mol. The Hall–Kier alpha value is -0.920. The van der Waals surface area contributed by atoms with Crippen LogP contribution in [0.1, 0.15) is 5.69 Å². The first kappa shape index (κ1) is 9.17. The van der Waals surface area contributed by atoms with Crippen molar-refractivity contribution in [3.8, 4) is 0 Å². The lowest BCUT2D eigenvalue weighted by molar-refractivity contribution is 0.581. The summed E-state index contributed by atoms with van der Waals surface area (Å²) in [6.45, 7) is 0.125. The summed E-state index contributed by atoms with van der Waals surface area (Å²) in [5.41, 5.74) is 0.631. The molecule has 0 unspecified atom stereocenters. The molecule has 1 heterocycles. The Morgan fingerprint density at radius 3 is 2.83 bits per heavy atom. The fourth-order valence-corrected chi connectivity index (χ4v) is 1.08. The van der Waals surface area contributed by atoms with Crippen LogP contribution < -0.4 is 9.86 Å². The molecule has 1 aromatic heterocycles. The highest BCUT2D eigenvalue weighted by Crippen LogP contribution is 1.92. The molecule has 0 aliphatic carbocycles. The summed E-state index contributed by atoms with van der Waals surface area (Å²) < 4.78 is 24.6. The third-order valence-corrected chi connectivity index (χ3v) is 1.77. The Morgan fingerprint density at radius 1 is 1.75 bits per heavy atom. The molecule has 68 valence electrons. The summed E-state index contributed by atoms with van der Waals surface area (Å²) in [7, 11) is -1.86. The topological polar surface area (TPSA) is 90.0 Å². The number of nitrogens with two attached hydrogens (primary N) is 1. The summed E-state index contributed by atoms with van der Waals surface area (Å²) in [4.78, 5) is 0. The van der Waals surface area contributed by atoms with Gasteiger partial charge in [0, 0.05) is 13.2 Å². The van der Waals surface area contributed by atoms with Gasteiger partial charge < -0.3 is 0 Å². The molecule has 6 nitrogen and oxygen atoms in total. The van der Waals surface area contributed by atoms with Crippen LogP contribution in [0.3, 0.4) is 0 Å². The number of nitrogens with zero attached hydrogens (tertiary/aromatic N) is 2. The Balaban J connectivity index is 2.55. The van der Waals surface area contributed by atoms with E-state index >= 15 is 0 Å².